The van der Waals surface area contributed by atoms with Gasteiger partial charge in [0.2, 0.25) is 0 Å². The lowest BCUT2D eigenvalue weighted by molar-refractivity contribution is 0.0950. The highest BCUT2D eigenvalue weighted by molar-refractivity contribution is 6.05. The highest BCUT2D eigenvalue weighted by Crippen LogP contribution is 2.21. The van der Waals surface area contributed by atoms with Crippen LogP contribution >= 0.6 is 0 Å². The molecule has 0 aromatic carbocycles. The summed E-state index contributed by atoms with van der Waals surface area (Å²) in [5, 5.41) is 8.32. The molecule has 2 aromatic rings. The van der Waals surface area contributed by atoms with Crippen molar-refractivity contribution in [3.8, 4) is 0 Å². The fourth-order valence-electron chi connectivity index (χ4n) is 3.78. The summed E-state index contributed by atoms with van der Waals surface area (Å²) in [6.45, 7) is 11.3. The molecule has 1 aliphatic rings. The Bertz CT molecular complexity index is 767. The van der Waals surface area contributed by atoms with Crippen LogP contribution in [0.25, 0.3) is 11.0 Å². The van der Waals surface area contributed by atoms with E-state index in [0.717, 1.165) is 29.7 Å². The first-order chi connectivity index (χ1) is 12.5. The van der Waals surface area contributed by atoms with Gasteiger partial charge in [-0.25, -0.2) is 9.67 Å². The highest BCUT2D eigenvalue weighted by Gasteiger charge is 2.18. The number of carbonyl (C=O) groups excluding carboxylic acids is 1. The first kappa shape index (κ1) is 18.8. The van der Waals surface area contributed by atoms with E-state index in [-0.39, 0.29) is 11.9 Å². The number of fused-ring (bicyclic) bond motifs is 1. The maximum Gasteiger partial charge on any atom is 0.252 e. The van der Waals surface area contributed by atoms with Gasteiger partial charge in [-0.05, 0) is 59.6 Å². The summed E-state index contributed by atoms with van der Waals surface area (Å²) in [5.41, 5.74) is 2.30. The Kier molecular flexibility index (Phi) is 5.91. The van der Waals surface area contributed by atoms with Gasteiger partial charge in [0.25, 0.3) is 5.91 Å². The molecule has 6 nitrogen and oxygen atoms in total. The third kappa shape index (κ3) is 4.06. The van der Waals surface area contributed by atoms with Crippen molar-refractivity contribution in [2.75, 3.05) is 19.6 Å². The van der Waals surface area contributed by atoms with E-state index in [2.05, 4.69) is 41.1 Å². The first-order valence-electron chi connectivity index (χ1n) is 9.84. The van der Waals surface area contributed by atoms with E-state index in [9.17, 15) is 4.79 Å². The molecule has 6 heteroatoms. The highest BCUT2D eigenvalue weighted by atomic mass is 16.1. The molecule has 1 N–H and O–H groups in total. The molecular formula is C20H31N5O. The molecule has 0 saturated carbocycles. The van der Waals surface area contributed by atoms with Gasteiger partial charge in [-0.2, -0.15) is 5.10 Å². The molecule has 0 radical (unpaired) electrons. The number of pyridine rings is 1. The number of hydrogen-bond acceptors (Lipinski definition) is 4. The zero-order valence-electron chi connectivity index (χ0n) is 16.5. The minimum Gasteiger partial charge on any atom is -0.352 e. The van der Waals surface area contributed by atoms with Crippen LogP contribution in [0.3, 0.4) is 0 Å². The normalized spacial score (nSPS) is 18.6. The van der Waals surface area contributed by atoms with Crippen molar-refractivity contribution in [1.29, 1.82) is 0 Å². The molecule has 1 atom stereocenters. The summed E-state index contributed by atoms with van der Waals surface area (Å²) >= 11 is 0. The molecule has 1 aliphatic heterocycles. The number of aromatic nitrogens is 3. The number of piperidine rings is 1. The molecule has 3 rings (SSSR count). The van der Waals surface area contributed by atoms with Gasteiger partial charge in [0.15, 0.2) is 5.65 Å². The van der Waals surface area contributed by atoms with E-state index in [1.54, 1.807) is 6.20 Å². The Morgan fingerprint density at radius 1 is 1.38 bits per heavy atom. The zero-order chi connectivity index (χ0) is 18.7. The summed E-state index contributed by atoms with van der Waals surface area (Å²) in [6, 6.07) is 2.74. The van der Waals surface area contributed by atoms with Crippen molar-refractivity contribution in [2.24, 2.45) is 0 Å². The minimum absolute atomic E-state index is 0.0319. The number of nitrogens with zero attached hydrogens (tertiary/aromatic N) is 4. The molecule has 0 spiro atoms. The van der Waals surface area contributed by atoms with Crippen LogP contribution in [0.4, 0.5) is 0 Å². The van der Waals surface area contributed by atoms with E-state index in [1.807, 2.05) is 17.7 Å². The van der Waals surface area contributed by atoms with Crippen LogP contribution in [0.15, 0.2) is 12.3 Å². The lowest BCUT2D eigenvalue weighted by Crippen LogP contribution is -2.39. The standard InChI is InChI=1S/C20H31N5O/c1-14(2)25-19-18(13-22-25)17(12-15(3)23-19)20(26)21-9-7-11-24-10-6-5-8-16(24)4/h12-14,16H,5-11H2,1-4H3,(H,21,26)/t16-/m0/s1. The molecule has 0 bridgehead atoms. The summed E-state index contributed by atoms with van der Waals surface area (Å²) in [7, 11) is 0. The van der Waals surface area contributed by atoms with Crippen LogP contribution in [0.5, 0.6) is 0 Å². The monoisotopic (exact) mass is 357 g/mol. The fraction of sp³-hybridized carbons (Fsp3) is 0.650. The maximum absolute atomic E-state index is 12.7. The van der Waals surface area contributed by atoms with E-state index in [1.165, 1.54) is 25.8 Å². The third-order valence-electron chi connectivity index (χ3n) is 5.28. The summed E-state index contributed by atoms with van der Waals surface area (Å²) in [5.74, 6) is -0.0319. The second kappa shape index (κ2) is 8.16. The molecule has 142 valence electrons. The van der Waals surface area contributed by atoms with Gasteiger partial charge in [0.1, 0.15) is 0 Å². The Morgan fingerprint density at radius 2 is 2.19 bits per heavy atom. The van der Waals surface area contributed by atoms with Crippen molar-refractivity contribution in [3.63, 3.8) is 0 Å². The predicted octanol–water partition coefficient (Wildman–Crippen LogP) is 3.31. The molecule has 1 saturated heterocycles. The average molecular weight is 358 g/mol. The molecule has 2 aromatic heterocycles. The Balaban J connectivity index is 1.63. The van der Waals surface area contributed by atoms with Gasteiger partial charge in [0.05, 0.1) is 17.1 Å². The van der Waals surface area contributed by atoms with Crippen LogP contribution in [0.1, 0.15) is 68.5 Å². The van der Waals surface area contributed by atoms with E-state index in [0.29, 0.717) is 18.2 Å². The number of rotatable bonds is 6. The van der Waals surface area contributed by atoms with Crippen LogP contribution in [0.2, 0.25) is 0 Å². The molecule has 3 heterocycles. The minimum atomic E-state index is -0.0319. The van der Waals surface area contributed by atoms with Crippen LogP contribution in [-0.4, -0.2) is 51.2 Å². The van der Waals surface area contributed by atoms with Gasteiger partial charge in [0, 0.05) is 30.9 Å². The molecular weight excluding hydrogens is 326 g/mol. The fourth-order valence-corrected chi connectivity index (χ4v) is 3.78. The van der Waals surface area contributed by atoms with Crippen LogP contribution in [0, 0.1) is 6.92 Å². The number of hydrogen-bond donors (Lipinski definition) is 1. The first-order valence-corrected chi connectivity index (χ1v) is 9.84. The number of amides is 1. The second-order valence-electron chi connectivity index (χ2n) is 7.72. The second-order valence-corrected chi connectivity index (χ2v) is 7.72. The van der Waals surface area contributed by atoms with Gasteiger partial charge in [-0.1, -0.05) is 6.42 Å². The summed E-state index contributed by atoms with van der Waals surface area (Å²) in [6.07, 6.45) is 6.67. The van der Waals surface area contributed by atoms with Gasteiger partial charge < -0.3 is 10.2 Å². The summed E-state index contributed by atoms with van der Waals surface area (Å²) in [4.78, 5) is 19.8. The van der Waals surface area contributed by atoms with Crippen molar-refractivity contribution in [1.82, 2.24) is 25.0 Å². The van der Waals surface area contributed by atoms with Crippen LogP contribution < -0.4 is 5.32 Å². The molecule has 0 aliphatic carbocycles. The van der Waals surface area contributed by atoms with Crippen molar-refractivity contribution in [2.45, 2.75) is 65.5 Å². The largest absolute Gasteiger partial charge is 0.352 e. The number of nitrogens with one attached hydrogen (secondary N) is 1. The van der Waals surface area contributed by atoms with Crippen molar-refractivity contribution in [3.05, 3.63) is 23.5 Å². The van der Waals surface area contributed by atoms with E-state index < -0.39 is 0 Å². The van der Waals surface area contributed by atoms with Crippen molar-refractivity contribution < 1.29 is 4.79 Å². The topological polar surface area (TPSA) is 63.1 Å². The van der Waals surface area contributed by atoms with E-state index >= 15 is 0 Å². The Labute approximate surface area is 156 Å². The average Bonchev–Trinajstić information content (AvgIpc) is 3.03. The zero-order valence-corrected chi connectivity index (χ0v) is 16.5. The third-order valence-corrected chi connectivity index (χ3v) is 5.28. The van der Waals surface area contributed by atoms with Crippen LogP contribution in [-0.2, 0) is 0 Å². The quantitative estimate of drug-likeness (QED) is 0.806. The molecule has 1 fully saturated rings. The van der Waals surface area contributed by atoms with Crippen molar-refractivity contribution >= 4 is 16.9 Å². The molecule has 26 heavy (non-hydrogen) atoms. The van der Waals surface area contributed by atoms with Gasteiger partial charge in [-0.3, -0.25) is 4.79 Å². The number of aryl methyl sites for hydroxylation is 1. The SMILES string of the molecule is Cc1cc(C(=O)NCCCN2CCCC[C@@H]2C)c2cnn(C(C)C)c2n1. The van der Waals surface area contributed by atoms with E-state index in [4.69, 9.17) is 0 Å². The number of carbonyl (C=O) groups is 1. The lowest BCUT2D eigenvalue weighted by Gasteiger charge is -2.33. The maximum atomic E-state index is 12.7. The Morgan fingerprint density at radius 3 is 2.92 bits per heavy atom. The lowest BCUT2D eigenvalue weighted by atomic mass is 10.0. The molecule has 0 unspecified atom stereocenters. The van der Waals surface area contributed by atoms with Gasteiger partial charge >= 0.3 is 0 Å². The molecule has 1 amide bonds. The smallest absolute Gasteiger partial charge is 0.252 e. The Hall–Kier alpha value is -1.95. The predicted molar refractivity (Wildman–Crippen MR) is 104 cm³/mol. The van der Waals surface area contributed by atoms with Gasteiger partial charge in [-0.15, -0.1) is 0 Å². The number of likely N-dealkylation sites (tertiary alicyclic amines) is 1. The summed E-state index contributed by atoms with van der Waals surface area (Å²) < 4.78 is 1.87.